The zero-order valence-electron chi connectivity index (χ0n) is 24.5. The maximum Gasteiger partial charge on any atom is 0.338 e. The maximum absolute atomic E-state index is 12.7. The molecular weight excluding hydrogens is 452 g/mol. The van der Waals surface area contributed by atoms with E-state index in [0.29, 0.717) is 22.3 Å². The average molecular weight is 505 g/mol. The Labute approximate surface area is 227 Å². The van der Waals surface area contributed by atoms with Crippen molar-refractivity contribution in [1.29, 1.82) is 0 Å². The standard InChI is InChI=1S/C35H52O2/c1-23(2)24(3)12-13-25(4)30-16-17-31-29-15-14-27-22-28(37-33(36)26-10-8-7-9-11-26)18-20-34(27,5)32(29)19-21-35(30,31)6/h7-11,23-25,27-28,30-31H,12-22H2,1-6H3/t24-,25-,27+,28+,30-,31+,34+,35-/m1/s1. The smallest absolute Gasteiger partial charge is 0.338 e. The average Bonchev–Trinajstić information content (AvgIpc) is 3.25. The third-order valence-electron chi connectivity index (χ3n) is 12.2. The predicted molar refractivity (Wildman–Crippen MR) is 153 cm³/mol. The largest absolute Gasteiger partial charge is 0.459 e. The third kappa shape index (κ3) is 4.96. The minimum absolute atomic E-state index is 0.0757. The lowest BCUT2D eigenvalue weighted by Gasteiger charge is -2.55. The second-order valence-electron chi connectivity index (χ2n) is 14.3. The van der Waals surface area contributed by atoms with Crippen molar-refractivity contribution in [2.75, 3.05) is 0 Å². The van der Waals surface area contributed by atoms with Crippen LogP contribution in [-0.4, -0.2) is 12.1 Å². The molecule has 5 rings (SSSR count). The van der Waals surface area contributed by atoms with Gasteiger partial charge in [0, 0.05) is 0 Å². The Bertz CT molecular complexity index is 992. The van der Waals surface area contributed by atoms with Crippen LogP contribution in [0.4, 0.5) is 0 Å². The zero-order chi connectivity index (χ0) is 26.4. The van der Waals surface area contributed by atoms with Gasteiger partial charge in [-0.3, -0.25) is 0 Å². The number of esters is 1. The second-order valence-corrected chi connectivity index (χ2v) is 14.3. The number of allylic oxidation sites excluding steroid dienone is 2. The highest BCUT2D eigenvalue weighted by molar-refractivity contribution is 5.89. The van der Waals surface area contributed by atoms with Crippen LogP contribution < -0.4 is 0 Å². The first-order valence-electron chi connectivity index (χ1n) is 15.6. The van der Waals surface area contributed by atoms with E-state index in [4.69, 9.17) is 4.74 Å². The highest BCUT2D eigenvalue weighted by Crippen LogP contribution is 2.66. The molecule has 0 aliphatic heterocycles. The summed E-state index contributed by atoms with van der Waals surface area (Å²) in [5.41, 5.74) is 5.24. The van der Waals surface area contributed by atoms with Crippen LogP contribution in [0.15, 0.2) is 41.5 Å². The van der Waals surface area contributed by atoms with Crippen LogP contribution in [0.2, 0.25) is 0 Å². The van der Waals surface area contributed by atoms with Crippen LogP contribution in [0.5, 0.6) is 0 Å². The molecule has 0 N–H and O–H groups in total. The van der Waals surface area contributed by atoms with E-state index in [1.807, 2.05) is 41.5 Å². The molecule has 2 nitrogen and oxygen atoms in total. The number of ether oxygens (including phenoxy) is 1. The van der Waals surface area contributed by atoms with Crippen molar-refractivity contribution in [3.63, 3.8) is 0 Å². The van der Waals surface area contributed by atoms with Crippen molar-refractivity contribution in [2.45, 2.75) is 118 Å². The third-order valence-corrected chi connectivity index (χ3v) is 12.2. The Kier molecular flexibility index (Phi) is 7.69. The lowest BCUT2D eigenvalue weighted by atomic mass is 9.50. The van der Waals surface area contributed by atoms with E-state index < -0.39 is 0 Å². The van der Waals surface area contributed by atoms with Gasteiger partial charge in [-0.1, -0.05) is 83.7 Å². The zero-order valence-corrected chi connectivity index (χ0v) is 24.5. The molecule has 1 aromatic carbocycles. The van der Waals surface area contributed by atoms with E-state index in [2.05, 4.69) is 41.5 Å². The monoisotopic (exact) mass is 504 g/mol. The molecule has 0 aromatic heterocycles. The Morgan fingerprint density at radius 3 is 2.43 bits per heavy atom. The Morgan fingerprint density at radius 2 is 1.70 bits per heavy atom. The van der Waals surface area contributed by atoms with Gasteiger partial charge in [-0.15, -0.1) is 0 Å². The first kappa shape index (κ1) is 27.0. The summed E-state index contributed by atoms with van der Waals surface area (Å²) in [7, 11) is 0. The summed E-state index contributed by atoms with van der Waals surface area (Å²) in [6.45, 7) is 15.0. The van der Waals surface area contributed by atoms with Gasteiger partial charge < -0.3 is 4.74 Å². The normalized spacial score (nSPS) is 36.9. The van der Waals surface area contributed by atoms with Crippen LogP contribution >= 0.6 is 0 Å². The van der Waals surface area contributed by atoms with Crippen LogP contribution in [0.1, 0.15) is 123 Å². The van der Waals surface area contributed by atoms with Gasteiger partial charge in [0.2, 0.25) is 0 Å². The molecule has 2 fully saturated rings. The fraction of sp³-hybridized carbons (Fsp3) is 0.743. The summed E-state index contributed by atoms with van der Waals surface area (Å²) in [5.74, 6) is 4.71. The molecule has 2 saturated carbocycles. The Hall–Kier alpha value is -1.57. The number of fused-ring (bicyclic) bond motifs is 4. The van der Waals surface area contributed by atoms with Gasteiger partial charge in [0.1, 0.15) is 6.10 Å². The van der Waals surface area contributed by atoms with Crippen molar-refractivity contribution in [3.05, 3.63) is 47.0 Å². The Balaban J connectivity index is 1.26. The molecule has 1 aromatic rings. The summed E-state index contributed by atoms with van der Waals surface area (Å²) in [6, 6.07) is 9.52. The molecule has 0 spiro atoms. The van der Waals surface area contributed by atoms with Gasteiger partial charge in [0.25, 0.3) is 0 Å². The molecule has 0 heterocycles. The molecule has 0 radical (unpaired) electrons. The molecule has 0 unspecified atom stereocenters. The fourth-order valence-corrected chi connectivity index (χ4v) is 9.36. The fourth-order valence-electron chi connectivity index (χ4n) is 9.36. The van der Waals surface area contributed by atoms with Crippen molar-refractivity contribution in [1.82, 2.24) is 0 Å². The summed E-state index contributed by atoms with van der Waals surface area (Å²) in [5, 5.41) is 0. The van der Waals surface area contributed by atoms with Gasteiger partial charge >= 0.3 is 5.97 Å². The van der Waals surface area contributed by atoms with E-state index in [-0.39, 0.29) is 12.1 Å². The lowest BCUT2D eigenvalue weighted by molar-refractivity contribution is -0.0158. The van der Waals surface area contributed by atoms with E-state index in [9.17, 15) is 4.79 Å². The van der Waals surface area contributed by atoms with E-state index in [1.54, 1.807) is 0 Å². The van der Waals surface area contributed by atoms with E-state index in [0.717, 1.165) is 42.4 Å². The van der Waals surface area contributed by atoms with Gasteiger partial charge in [0.15, 0.2) is 0 Å². The Morgan fingerprint density at radius 1 is 0.946 bits per heavy atom. The van der Waals surface area contributed by atoms with Gasteiger partial charge in [-0.25, -0.2) is 4.79 Å². The summed E-state index contributed by atoms with van der Waals surface area (Å²) in [4.78, 5) is 12.7. The minimum atomic E-state index is -0.146. The summed E-state index contributed by atoms with van der Waals surface area (Å²) < 4.78 is 6.03. The second kappa shape index (κ2) is 10.5. The quantitative estimate of drug-likeness (QED) is 0.273. The number of rotatable bonds is 7. The van der Waals surface area contributed by atoms with Crippen LogP contribution in [-0.2, 0) is 4.74 Å². The summed E-state index contributed by atoms with van der Waals surface area (Å²) >= 11 is 0. The lowest BCUT2D eigenvalue weighted by Crippen LogP contribution is -2.46. The van der Waals surface area contributed by atoms with Crippen LogP contribution in [0.3, 0.4) is 0 Å². The SMILES string of the molecule is CC(C)[C@H](C)CC[C@@H](C)[C@H]1CC[C@H]2C3=C(CC[C@]12C)[C@@]1(C)CC[C@H](OC(=O)c2ccccc2)C[C@@H]1CC3. The molecule has 2 heteroatoms. The van der Waals surface area contributed by atoms with Crippen molar-refractivity contribution >= 4 is 5.97 Å². The number of carbonyl (C=O) groups is 1. The maximum atomic E-state index is 12.7. The number of hydrogen-bond donors (Lipinski definition) is 0. The number of benzene rings is 1. The molecule has 37 heavy (non-hydrogen) atoms. The topological polar surface area (TPSA) is 26.3 Å². The molecular formula is C35H52O2. The van der Waals surface area contributed by atoms with Gasteiger partial charge in [-0.05, 0) is 116 Å². The first-order chi connectivity index (χ1) is 17.6. The molecule has 4 aliphatic rings. The van der Waals surface area contributed by atoms with Crippen molar-refractivity contribution in [2.24, 2.45) is 46.3 Å². The molecule has 0 bridgehead atoms. The van der Waals surface area contributed by atoms with Crippen LogP contribution in [0.25, 0.3) is 0 Å². The number of hydrogen-bond acceptors (Lipinski definition) is 2. The van der Waals surface area contributed by atoms with Crippen molar-refractivity contribution in [3.8, 4) is 0 Å². The van der Waals surface area contributed by atoms with E-state index >= 15 is 0 Å². The highest BCUT2D eigenvalue weighted by atomic mass is 16.5. The van der Waals surface area contributed by atoms with E-state index in [1.165, 1.54) is 57.8 Å². The minimum Gasteiger partial charge on any atom is -0.459 e. The molecule has 4 aliphatic carbocycles. The van der Waals surface area contributed by atoms with Gasteiger partial charge in [0.05, 0.1) is 5.56 Å². The highest BCUT2D eigenvalue weighted by Gasteiger charge is 2.56. The van der Waals surface area contributed by atoms with Crippen LogP contribution in [0, 0.1) is 46.3 Å². The molecule has 0 amide bonds. The van der Waals surface area contributed by atoms with Crippen molar-refractivity contribution < 1.29 is 9.53 Å². The van der Waals surface area contributed by atoms with Gasteiger partial charge in [-0.2, -0.15) is 0 Å². The molecule has 0 saturated heterocycles. The summed E-state index contributed by atoms with van der Waals surface area (Å²) in [6.07, 6.45) is 14.2. The number of carbonyl (C=O) groups excluding carboxylic acids is 1. The molecule has 204 valence electrons. The molecule has 8 atom stereocenters. The predicted octanol–water partition coefficient (Wildman–Crippen LogP) is 9.64. The first-order valence-corrected chi connectivity index (χ1v) is 15.6.